The molecule has 32 heavy (non-hydrogen) atoms. The maximum absolute atomic E-state index is 13.0. The molecule has 0 fully saturated rings. The molecular formula is C23H33N7O2. The first-order chi connectivity index (χ1) is 15.6. The third-order valence-electron chi connectivity index (χ3n) is 5.34. The van der Waals surface area contributed by atoms with E-state index in [1.54, 1.807) is 42.3 Å². The van der Waals surface area contributed by atoms with Gasteiger partial charge >= 0.3 is 0 Å². The first kappa shape index (κ1) is 23.5. The van der Waals surface area contributed by atoms with E-state index >= 15 is 0 Å². The van der Waals surface area contributed by atoms with Gasteiger partial charge in [0.15, 0.2) is 11.3 Å². The van der Waals surface area contributed by atoms with Crippen molar-refractivity contribution >= 4 is 28.7 Å². The van der Waals surface area contributed by atoms with Crippen LogP contribution in [0.5, 0.6) is 0 Å². The molecule has 2 atom stereocenters. The van der Waals surface area contributed by atoms with Crippen molar-refractivity contribution in [1.29, 1.82) is 0 Å². The van der Waals surface area contributed by atoms with E-state index in [2.05, 4.69) is 46.7 Å². The van der Waals surface area contributed by atoms with Gasteiger partial charge in [-0.05, 0) is 31.4 Å². The minimum atomic E-state index is -0.288. The van der Waals surface area contributed by atoms with Crippen molar-refractivity contribution in [2.75, 3.05) is 29.7 Å². The number of nitrogens with zero attached hydrogens (tertiary/aromatic N) is 4. The summed E-state index contributed by atoms with van der Waals surface area (Å²) >= 11 is 0. The lowest BCUT2D eigenvalue weighted by molar-refractivity contribution is 0.102. The number of imidazole rings is 1. The number of aromatic nitrogens is 4. The van der Waals surface area contributed by atoms with Crippen LogP contribution < -0.4 is 16.0 Å². The number of carbonyl (C=O) groups is 1. The van der Waals surface area contributed by atoms with Gasteiger partial charge in [0.05, 0.1) is 18.5 Å². The molecule has 0 radical (unpaired) electrons. The van der Waals surface area contributed by atoms with E-state index in [0.29, 0.717) is 35.5 Å². The van der Waals surface area contributed by atoms with Crippen molar-refractivity contribution in [3.63, 3.8) is 0 Å². The topological polar surface area (TPSA) is 105 Å². The van der Waals surface area contributed by atoms with Gasteiger partial charge in [-0.2, -0.15) is 0 Å². The van der Waals surface area contributed by atoms with Crippen LogP contribution >= 0.6 is 0 Å². The van der Waals surface area contributed by atoms with Gasteiger partial charge in [0.25, 0.3) is 5.91 Å². The van der Waals surface area contributed by atoms with E-state index in [0.717, 1.165) is 31.4 Å². The standard InChI is InChI=1S/C23H33N7O2/c1-5-8-16(6-2)27-21-13-19(26-17(7-3)15-32-4)22-25-14-20(30(22)29-21)23(31)28-18-9-11-24-12-10-18/h9-14,16-17,26H,5-8,15H2,1-4H3,(H,27,29)(H,24,28,31). The number of nitrogens with one attached hydrogen (secondary N) is 3. The van der Waals surface area contributed by atoms with Crippen LogP contribution in [0.25, 0.3) is 5.65 Å². The SMILES string of the molecule is CCCC(CC)Nc1cc(NC(CC)COC)c2ncc(C(=O)Nc3ccncc3)n2n1. The third kappa shape index (κ3) is 5.73. The molecule has 0 aliphatic heterocycles. The molecule has 3 aromatic heterocycles. The van der Waals surface area contributed by atoms with Gasteiger partial charge in [-0.25, -0.2) is 9.50 Å². The summed E-state index contributed by atoms with van der Waals surface area (Å²) in [6, 6.07) is 5.85. The molecule has 0 aliphatic carbocycles. The van der Waals surface area contributed by atoms with Crippen LogP contribution in [0.2, 0.25) is 0 Å². The molecule has 3 rings (SSSR count). The zero-order valence-electron chi connectivity index (χ0n) is 19.3. The van der Waals surface area contributed by atoms with Gasteiger partial charge in [-0.3, -0.25) is 9.78 Å². The number of carbonyl (C=O) groups excluding carboxylic acids is 1. The highest BCUT2D eigenvalue weighted by Crippen LogP contribution is 2.23. The number of hydrogen-bond donors (Lipinski definition) is 3. The number of fused-ring (bicyclic) bond motifs is 1. The Hall–Kier alpha value is -3.20. The summed E-state index contributed by atoms with van der Waals surface area (Å²) in [7, 11) is 1.69. The van der Waals surface area contributed by atoms with Crippen molar-refractivity contribution in [3.8, 4) is 0 Å². The second kappa shape index (κ2) is 11.4. The summed E-state index contributed by atoms with van der Waals surface area (Å²) in [6.07, 6.45) is 8.80. The molecule has 172 valence electrons. The summed E-state index contributed by atoms with van der Waals surface area (Å²) < 4.78 is 6.94. The van der Waals surface area contributed by atoms with Crippen LogP contribution in [0, 0.1) is 0 Å². The van der Waals surface area contributed by atoms with E-state index in [-0.39, 0.29) is 11.9 Å². The number of rotatable bonds is 12. The Bertz CT molecular complexity index is 1010. The van der Waals surface area contributed by atoms with Crippen LogP contribution in [0.4, 0.5) is 17.2 Å². The molecule has 0 aromatic carbocycles. The van der Waals surface area contributed by atoms with Crippen molar-refractivity contribution in [2.45, 2.75) is 58.5 Å². The van der Waals surface area contributed by atoms with Gasteiger partial charge in [-0.1, -0.05) is 27.2 Å². The summed E-state index contributed by atoms with van der Waals surface area (Å²) in [4.78, 5) is 21.5. The zero-order valence-corrected chi connectivity index (χ0v) is 19.3. The number of ether oxygens (including phenoxy) is 1. The fourth-order valence-electron chi connectivity index (χ4n) is 3.55. The van der Waals surface area contributed by atoms with Crippen molar-refractivity contribution in [1.82, 2.24) is 19.6 Å². The minimum absolute atomic E-state index is 0.113. The van der Waals surface area contributed by atoms with Crippen molar-refractivity contribution in [3.05, 3.63) is 42.5 Å². The molecule has 3 aromatic rings. The molecule has 0 saturated carbocycles. The molecule has 0 aliphatic rings. The molecule has 0 bridgehead atoms. The number of methoxy groups -OCH3 is 1. The highest BCUT2D eigenvalue weighted by Gasteiger charge is 2.19. The maximum atomic E-state index is 13.0. The Labute approximate surface area is 189 Å². The Balaban J connectivity index is 1.99. The molecule has 3 N–H and O–H groups in total. The average Bonchev–Trinajstić information content (AvgIpc) is 3.23. The first-order valence-electron chi connectivity index (χ1n) is 11.2. The van der Waals surface area contributed by atoms with Gasteiger partial charge in [0, 0.05) is 43.3 Å². The quantitative estimate of drug-likeness (QED) is 0.388. The normalized spacial score (nSPS) is 13.0. The van der Waals surface area contributed by atoms with Gasteiger partial charge in [-0.15, -0.1) is 5.10 Å². The molecule has 0 spiro atoms. The van der Waals surface area contributed by atoms with E-state index in [1.807, 2.05) is 6.07 Å². The van der Waals surface area contributed by atoms with Crippen molar-refractivity contribution < 1.29 is 9.53 Å². The van der Waals surface area contributed by atoms with E-state index in [9.17, 15) is 4.79 Å². The van der Waals surface area contributed by atoms with Crippen LogP contribution in [0.3, 0.4) is 0 Å². The fourth-order valence-corrected chi connectivity index (χ4v) is 3.55. The monoisotopic (exact) mass is 439 g/mol. The highest BCUT2D eigenvalue weighted by molar-refractivity contribution is 6.03. The van der Waals surface area contributed by atoms with E-state index in [4.69, 9.17) is 9.84 Å². The van der Waals surface area contributed by atoms with Crippen LogP contribution in [0.15, 0.2) is 36.8 Å². The Morgan fingerprint density at radius 3 is 2.53 bits per heavy atom. The molecule has 1 amide bonds. The summed E-state index contributed by atoms with van der Waals surface area (Å²) in [5.74, 6) is 0.410. The first-order valence-corrected chi connectivity index (χ1v) is 11.2. The molecular weight excluding hydrogens is 406 g/mol. The molecule has 9 heteroatoms. The van der Waals surface area contributed by atoms with Crippen LogP contribution in [-0.4, -0.2) is 51.3 Å². The summed E-state index contributed by atoms with van der Waals surface area (Å²) in [6.45, 7) is 6.99. The van der Waals surface area contributed by atoms with Gasteiger partial charge in [0.2, 0.25) is 0 Å². The molecule has 0 saturated heterocycles. The lowest BCUT2D eigenvalue weighted by Gasteiger charge is -2.21. The number of hydrogen-bond acceptors (Lipinski definition) is 7. The lowest BCUT2D eigenvalue weighted by atomic mass is 10.1. The fraction of sp³-hybridized carbons (Fsp3) is 0.478. The summed E-state index contributed by atoms with van der Waals surface area (Å²) in [5.41, 5.74) is 2.41. The second-order valence-corrected chi connectivity index (χ2v) is 7.76. The zero-order chi connectivity index (χ0) is 22.9. The molecule has 3 heterocycles. The largest absolute Gasteiger partial charge is 0.383 e. The maximum Gasteiger partial charge on any atom is 0.276 e. The number of pyridine rings is 1. The number of amides is 1. The second-order valence-electron chi connectivity index (χ2n) is 7.76. The minimum Gasteiger partial charge on any atom is -0.383 e. The van der Waals surface area contributed by atoms with Crippen LogP contribution in [0.1, 0.15) is 56.9 Å². The predicted octanol–water partition coefficient (Wildman–Crippen LogP) is 4.20. The highest BCUT2D eigenvalue weighted by atomic mass is 16.5. The van der Waals surface area contributed by atoms with Crippen molar-refractivity contribution in [2.24, 2.45) is 0 Å². The number of anilines is 3. The Morgan fingerprint density at radius 2 is 1.88 bits per heavy atom. The van der Waals surface area contributed by atoms with Gasteiger partial charge < -0.3 is 20.7 Å². The third-order valence-corrected chi connectivity index (χ3v) is 5.34. The Morgan fingerprint density at radius 1 is 1.12 bits per heavy atom. The van der Waals surface area contributed by atoms with Gasteiger partial charge in [0.1, 0.15) is 5.82 Å². The molecule has 2 unspecified atom stereocenters. The summed E-state index contributed by atoms with van der Waals surface area (Å²) in [5, 5.41) is 14.6. The smallest absolute Gasteiger partial charge is 0.276 e. The predicted molar refractivity (Wildman–Crippen MR) is 127 cm³/mol. The average molecular weight is 440 g/mol. The Kier molecular flexibility index (Phi) is 8.38. The van der Waals surface area contributed by atoms with E-state index < -0.39 is 0 Å². The van der Waals surface area contributed by atoms with E-state index in [1.165, 1.54) is 0 Å². The molecule has 9 nitrogen and oxygen atoms in total. The lowest BCUT2D eigenvalue weighted by Crippen LogP contribution is -2.25. The van der Waals surface area contributed by atoms with Crippen LogP contribution in [-0.2, 0) is 4.74 Å².